The van der Waals surface area contributed by atoms with Crippen LogP contribution in [-0.4, -0.2) is 24.0 Å². The van der Waals surface area contributed by atoms with Crippen LogP contribution in [0, 0.1) is 5.92 Å². The molecule has 1 aliphatic carbocycles. The maximum Gasteiger partial charge on any atom is 0.0593 e. The normalized spacial score (nSPS) is 26.7. The zero-order valence-electron chi connectivity index (χ0n) is 12.8. The molecule has 1 saturated carbocycles. The number of halogens is 1. The van der Waals surface area contributed by atoms with Crippen LogP contribution in [0.3, 0.4) is 0 Å². The first-order chi connectivity index (χ1) is 9.52. The van der Waals surface area contributed by atoms with Crippen molar-refractivity contribution in [3.05, 3.63) is 20.8 Å². The van der Waals surface area contributed by atoms with E-state index < -0.39 is 0 Å². The van der Waals surface area contributed by atoms with Crippen molar-refractivity contribution >= 4 is 27.3 Å². The lowest BCUT2D eigenvalue weighted by atomic mass is 9.85. The van der Waals surface area contributed by atoms with Gasteiger partial charge in [-0.25, -0.2) is 0 Å². The first-order valence-electron chi connectivity index (χ1n) is 7.74. The van der Waals surface area contributed by atoms with Crippen molar-refractivity contribution in [1.82, 2.24) is 4.90 Å². The second kappa shape index (κ2) is 7.39. The molecule has 4 heteroatoms. The molecule has 1 aromatic heterocycles. The van der Waals surface area contributed by atoms with Gasteiger partial charge in [0.15, 0.2) is 0 Å². The van der Waals surface area contributed by atoms with Crippen LogP contribution in [0.2, 0.25) is 0 Å². The molecule has 2 rings (SSSR count). The van der Waals surface area contributed by atoms with Gasteiger partial charge in [0.2, 0.25) is 0 Å². The monoisotopic (exact) mass is 358 g/mol. The fraction of sp³-hybridized carbons (Fsp3) is 0.750. The van der Waals surface area contributed by atoms with Gasteiger partial charge in [-0.05, 0) is 54.2 Å². The van der Waals surface area contributed by atoms with Crippen LogP contribution in [0.4, 0.5) is 0 Å². The van der Waals surface area contributed by atoms with Crippen LogP contribution < -0.4 is 5.73 Å². The van der Waals surface area contributed by atoms with Gasteiger partial charge in [-0.15, -0.1) is 11.3 Å². The van der Waals surface area contributed by atoms with E-state index in [4.69, 9.17) is 5.73 Å². The predicted molar refractivity (Wildman–Crippen MR) is 92.2 cm³/mol. The summed E-state index contributed by atoms with van der Waals surface area (Å²) in [5.41, 5.74) is 6.45. The number of nitrogens with two attached hydrogens (primary N) is 1. The minimum absolute atomic E-state index is 0.211. The predicted octanol–water partition coefficient (Wildman–Crippen LogP) is 4.80. The number of rotatable bonds is 5. The van der Waals surface area contributed by atoms with E-state index in [-0.39, 0.29) is 6.04 Å². The van der Waals surface area contributed by atoms with Crippen molar-refractivity contribution in [1.29, 1.82) is 0 Å². The molecule has 20 heavy (non-hydrogen) atoms. The van der Waals surface area contributed by atoms with Crippen LogP contribution in [0.5, 0.6) is 0 Å². The summed E-state index contributed by atoms with van der Waals surface area (Å²) in [6.45, 7) is 4.58. The van der Waals surface area contributed by atoms with Crippen molar-refractivity contribution in [2.45, 2.75) is 64.1 Å². The zero-order chi connectivity index (χ0) is 14.7. The summed E-state index contributed by atoms with van der Waals surface area (Å²) in [5.74, 6) is 0.852. The topological polar surface area (TPSA) is 29.3 Å². The molecule has 1 aliphatic rings. The Morgan fingerprint density at radius 3 is 2.80 bits per heavy atom. The van der Waals surface area contributed by atoms with Crippen molar-refractivity contribution in [3.8, 4) is 0 Å². The highest BCUT2D eigenvalue weighted by Crippen LogP contribution is 2.36. The first-order valence-corrected chi connectivity index (χ1v) is 9.41. The van der Waals surface area contributed by atoms with Crippen LogP contribution in [0.1, 0.15) is 56.9 Å². The molecule has 0 bridgehead atoms. The molecule has 1 aromatic rings. The van der Waals surface area contributed by atoms with Crippen molar-refractivity contribution in [2.75, 3.05) is 7.05 Å². The highest BCUT2D eigenvalue weighted by molar-refractivity contribution is 9.10. The number of thiophene rings is 1. The Balaban J connectivity index is 2.17. The van der Waals surface area contributed by atoms with E-state index >= 15 is 0 Å². The smallest absolute Gasteiger partial charge is 0.0593 e. The van der Waals surface area contributed by atoms with E-state index in [0.29, 0.717) is 12.1 Å². The molecule has 114 valence electrons. The second-order valence-corrected chi connectivity index (χ2v) is 8.13. The molecule has 4 atom stereocenters. The third-order valence-corrected chi connectivity index (χ3v) is 6.44. The summed E-state index contributed by atoms with van der Waals surface area (Å²) >= 11 is 5.40. The molecule has 0 radical (unpaired) electrons. The van der Waals surface area contributed by atoms with Gasteiger partial charge in [-0.3, -0.25) is 4.90 Å². The quantitative estimate of drug-likeness (QED) is 0.818. The average Bonchev–Trinajstić information content (AvgIpc) is 2.85. The third kappa shape index (κ3) is 3.85. The van der Waals surface area contributed by atoms with Gasteiger partial charge in [0.25, 0.3) is 0 Å². The lowest BCUT2D eigenvalue weighted by Crippen LogP contribution is -2.45. The molecule has 0 spiro atoms. The Morgan fingerprint density at radius 2 is 2.25 bits per heavy atom. The van der Waals surface area contributed by atoms with E-state index in [1.165, 1.54) is 35.0 Å². The summed E-state index contributed by atoms with van der Waals surface area (Å²) in [6.07, 6.45) is 6.40. The van der Waals surface area contributed by atoms with E-state index in [2.05, 4.69) is 53.2 Å². The fourth-order valence-corrected chi connectivity index (χ4v) is 5.09. The maximum atomic E-state index is 6.45. The lowest BCUT2D eigenvalue weighted by molar-refractivity contribution is 0.104. The van der Waals surface area contributed by atoms with Gasteiger partial charge in [-0.1, -0.05) is 26.7 Å². The largest absolute Gasteiger partial charge is 0.326 e. The van der Waals surface area contributed by atoms with Crippen LogP contribution >= 0.6 is 27.3 Å². The number of hydrogen-bond donors (Lipinski definition) is 1. The van der Waals surface area contributed by atoms with Gasteiger partial charge in [0, 0.05) is 26.8 Å². The van der Waals surface area contributed by atoms with E-state index in [0.717, 1.165) is 12.3 Å². The Morgan fingerprint density at radius 1 is 1.50 bits per heavy atom. The standard InChI is InChI=1S/C16H27BrN2S/c1-4-14(18)16(15-9-12(17)10-20-15)19(3)13-7-5-6-11(2)8-13/h9-11,13-14,16H,4-8,18H2,1-3H3. The zero-order valence-corrected chi connectivity index (χ0v) is 15.2. The molecule has 1 heterocycles. The number of hydrogen-bond acceptors (Lipinski definition) is 3. The summed E-state index contributed by atoms with van der Waals surface area (Å²) in [5, 5.41) is 2.17. The second-order valence-electron chi connectivity index (χ2n) is 6.28. The highest BCUT2D eigenvalue weighted by atomic mass is 79.9. The Kier molecular flexibility index (Phi) is 6.09. The van der Waals surface area contributed by atoms with Gasteiger partial charge < -0.3 is 5.73 Å². The summed E-state index contributed by atoms with van der Waals surface area (Å²) in [7, 11) is 2.27. The average molecular weight is 359 g/mol. The van der Waals surface area contributed by atoms with Gasteiger partial charge in [0.1, 0.15) is 0 Å². The third-order valence-electron chi connectivity index (χ3n) is 4.68. The molecule has 4 unspecified atom stereocenters. The van der Waals surface area contributed by atoms with Gasteiger partial charge in [0.05, 0.1) is 6.04 Å². The van der Waals surface area contributed by atoms with Crippen LogP contribution in [0.15, 0.2) is 15.9 Å². The first kappa shape index (κ1) is 16.5. The Labute approximate surface area is 135 Å². The Hall–Kier alpha value is 0.1000. The summed E-state index contributed by atoms with van der Waals surface area (Å²) in [6, 6.07) is 3.49. The van der Waals surface area contributed by atoms with Gasteiger partial charge in [-0.2, -0.15) is 0 Å². The van der Waals surface area contributed by atoms with Crippen molar-refractivity contribution in [3.63, 3.8) is 0 Å². The Bertz CT molecular complexity index is 420. The van der Waals surface area contributed by atoms with Crippen molar-refractivity contribution < 1.29 is 0 Å². The minimum Gasteiger partial charge on any atom is -0.326 e. The molecule has 0 aromatic carbocycles. The van der Waals surface area contributed by atoms with Crippen LogP contribution in [-0.2, 0) is 0 Å². The number of nitrogens with zero attached hydrogens (tertiary/aromatic N) is 1. The molecule has 1 fully saturated rings. The van der Waals surface area contributed by atoms with Crippen LogP contribution in [0.25, 0.3) is 0 Å². The van der Waals surface area contributed by atoms with Crippen molar-refractivity contribution in [2.24, 2.45) is 11.7 Å². The molecule has 0 aliphatic heterocycles. The summed E-state index contributed by atoms with van der Waals surface area (Å²) in [4.78, 5) is 3.95. The highest BCUT2D eigenvalue weighted by Gasteiger charge is 2.31. The molecule has 2 N–H and O–H groups in total. The van der Waals surface area contributed by atoms with E-state index in [1.807, 2.05) is 11.3 Å². The van der Waals surface area contributed by atoms with E-state index in [9.17, 15) is 0 Å². The lowest BCUT2D eigenvalue weighted by Gasteiger charge is -2.40. The number of likely N-dealkylation sites (N-methyl/N-ethyl adjacent to an activating group) is 1. The SMILES string of the molecule is CCC(N)C(c1cc(Br)cs1)N(C)C1CCCC(C)C1. The van der Waals surface area contributed by atoms with Gasteiger partial charge >= 0.3 is 0 Å². The summed E-state index contributed by atoms with van der Waals surface area (Å²) < 4.78 is 1.18. The minimum atomic E-state index is 0.211. The molecule has 0 amide bonds. The molecule has 2 nitrogen and oxygen atoms in total. The van der Waals surface area contributed by atoms with E-state index in [1.54, 1.807) is 0 Å². The molecular formula is C16H27BrN2S. The maximum absolute atomic E-state index is 6.45. The fourth-order valence-electron chi connectivity index (χ4n) is 3.42. The molecule has 0 saturated heterocycles. The molecular weight excluding hydrogens is 332 g/mol.